The van der Waals surface area contributed by atoms with E-state index in [9.17, 15) is 9.59 Å². The number of amides is 1. The molecule has 0 saturated heterocycles. The van der Waals surface area contributed by atoms with Crippen molar-refractivity contribution in [2.24, 2.45) is 5.92 Å². The van der Waals surface area contributed by atoms with Crippen LogP contribution in [0.3, 0.4) is 0 Å². The van der Waals surface area contributed by atoms with E-state index in [4.69, 9.17) is 5.11 Å². The predicted octanol–water partition coefficient (Wildman–Crippen LogP) is 4.25. The predicted molar refractivity (Wildman–Crippen MR) is 90.8 cm³/mol. The van der Waals surface area contributed by atoms with Gasteiger partial charge in [-0.3, -0.25) is 9.59 Å². The standard InChI is InChI=1S/C18H33NO3/c1-4-7-8-9-10-11-12-13-14-16(15-17(20)21)18(22)19(5-2)6-3/h11-12,16H,4-10,13-15H2,1-3H3,(H,20,21)/b12-11+. The van der Waals surface area contributed by atoms with E-state index in [1.54, 1.807) is 4.90 Å². The van der Waals surface area contributed by atoms with Crippen LogP contribution in [0.1, 0.15) is 72.1 Å². The van der Waals surface area contributed by atoms with Gasteiger partial charge in [-0.2, -0.15) is 0 Å². The summed E-state index contributed by atoms with van der Waals surface area (Å²) >= 11 is 0. The summed E-state index contributed by atoms with van der Waals surface area (Å²) in [6.45, 7) is 7.33. The van der Waals surface area contributed by atoms with Crippen molar-refractivity contribution in [2.45, 2.75) is 72.1 Å². The number of hydrogen-bond donors (Lipinski definition) is 1. The number of allylic oxidation sites excluding steroid dienone is 2. The van der Waals surface area contributed by atoms with Crippen LogP contribution in [0.15, 0.2) is 12.2 Å². The molecule has 0 heterocycles. The van der Waals surface area contributed by atoms with Crippen molar-refractivity contribution in [2.75, 3.05) is 13.1 Å². The number of nitrogens with zero attached hydrogens (tertiary/aromatic N) is 1. The van der Waals surface area contributed by atoms with Crippen LogP contribution >= 0.6 is 0 Å². The van der Waals surface area contributed by atoms with Crippen LogP contribution in [0, 0.1) is 5.92 Å². The van der Waals surface area contributed by atoms with Crippen molar-refractivity contribution in [3.8, 4) is 0 Å². The zero-order chi connectivity index (χ0) is 16.8. The van der Waals surface area contributed by atoms with Gasteiger partial charge in [-0.15, -0.1) is 0 Å². The number of carbonyl (C=O) groups excluding carboxylic acids is 1. The normalized spacial score (nSPS) is 12.5. The molecule has 0 aromatic rings. The van der Waals surface area contributed by atoms with Gasteiger partial charge in [0.05, 0.1) is 6.42 Å². The first-order valence-corrected chi connectivity index (χ1v) is 8.72. The molecule has 1 amide bonds. The Balaban J connectivity index is 4.22. The van der Waals surface area contributed by atoms with Gasteiger partial charge in [-0.25, -0.2) is 0 Å². The highest BCUT2D eigenvalue weighted by Crippen LogP contribution is 2.16. The maximum Gasteiger partial charge on any atom is 0.304 e. The summed E-state index contributed by atoms with van der Waals surface area (Å²) < 4.78 is 0. The molecular formula is C18H33NO3. The van der Waals surface area contributed by atoms with E-state index in [0.29, 0.717) is 19.5 Å². The molecule has 0 rings (SSSR count). The number of rotatable bonds is 13. The van der Waals surface area contributed by atoms with Crippen LogP contribution in [-0.4, -0.2) is 35.0 Å². The lowest BCUT2D eigenvalue weighted by molar-refractivity contribution is -0.144. The van der Waals surface area contributed by atoms with Gasteiger partial charge in [0, 0.05) is 19.0 Å². The SMILES string of the molecule is CCCCCC/C=C/CCC(CC(=O)O)C(=O)N(CC)CC. The van der Waals surface area contributed by atoms with E-state index < -0.39 is 11.9 Å². The van der Waals surface area contributed by atoms with E-state index in [2.05, 4.69) is 19.1 Å². The number of carbonyl (C=O) groups is 2. The summed E-state index contributed by atoms with van der Waals surface area (Å²) in [6, 6.07) is 0. The zero-order valence-electron chi connectivity index (χ0n) is 14.5. The van der Waals surface area contributed by atoms with E-state index in [0.717, 1.165) is 12.8 Å². The maximum absolute atomic E-state index is 12.3. The van der Waals surface area contributed by atoms with Gasteiger partial charge >= 0.3 is 5.97 Å². The van der Waals surface area contributed by atoms with Crippen LogP contribution in [0.5, 0.6) is 0 Å². The first-order valence-electron chi connectivity index (χ1n) is 8.72. The van der Waals surface area contributed by atoms with Gasteiger partial charge in [0.25, 0.3) is 0 Å². The average molecular weight is 311 g/mol. The third-order valence-electron chi connectivity index (χ3n) is 3.92. The Kier molecular flexibility index (Phi) is 12.5. The smallest absolute Gasteiger partial charge is 0.304 e. The highest BCUT2D eigenvalue weighted by atomic mass is 16.4. The molecule has 1 unspecified atom stereocenters. The number of carboxylic acids is 1. The summed E-state index contributed by atoms with van der Waals surface area (Å²) in [6.07, 6.45) is 11.7. The second-order valence-corrected chi connectivity index (χ2v) is 5.70. The fourth-order valence-electron chi connectivity index (χ4n) is 2.54. The fraction of sp³-hybridized carbons (Fsp3) is 0.778. The summed E-state index contributed by atoms with van der Waals surface area (Å²) in [5.41, 5.74) is 0. The molecule has 4 heteroatoms. The molecule has 0 fully saturated rings. The molecule has 128 valence electrons. The second kappa shape index (κ2) is 13.4. The molecule has 22 heavy (non-hydrogen) atoms. The van der Waals surface area contributed by atoms with Crippen molar-refractivity contribution in [1.82, 2.24) is 4.90 Å². The summed E-state index contributed by atoms with van der Waals surface area (Å²) in [5.74, 6) is -1.32. The Hall–Kier alpha value is -1.32. The maximum atomic E-state index is 12.3. The van der Waals surface area contributed by atoms with Gasteiger partial charge in [-0.05, 0) is 39.5 Å². The second-order valence-electron chi connectivity index (χ2n) is 5.70. The van der Waals surface area contributed by atoms with E-state index in [1.807, 2.05) is 13.8 Å². The van der Waals surface area contributed by atoms with Gasteiger partial charge in [-0.1, -0.05) is 38.3 Å². The Bertz CT molecular complexity index is 335. The van der Waals surface area contributed by atoms with Crippen LogP contribution in [-0.2, 0) is 9.59 Å². The minimum Gasteiger partial charge on any atom is -0.481 e. The Morgan fingerprint density at radius 3 is 2.18 bits per heavy atom. The summed E-state index contributed by atoms with van der Waals surface area (Å²) in [4.78, 5) is 25.0. The summed E-state index contributed by atoms with van der Waals surface area (Å²) in [7, 11) is 0. The molecule has 4 nitrogen and oxygen atoms in total. The Morgan fingerprint density at radius 2 is 1.64 bits per heavy atom. The van der Waals surface area contributed by atoms with Crippen molar-refractivity contribution < 1.29 is 14.7 Å². The van der Waals surface area contributed by atoms with Gasteiger partial charge in [0.2, 0.25) is 5.91 Å². The van der Waals surface area contributed by atoms with Gasteiger partial charge < -0.3 is 10.0 Å². The minimum atomic E-state index is -0.894. The van der Waals surface area contributed by atoms with E-state index >= 15 is 0 Å². The largest absolute Gasteiger partial charge is 0.481 e. The molecule has 0 aromatic heterocycles. The zero-order valence-corrected chi connectivity index (χ0v) is 14.5. The Morgan fingerprint density at radius 1 is 1.00 bits per heavy atom. The molecule has 0 aliphatic rings. The third kappa shape index (κ3) is 9.59. The molecule has 1 atom stereocenters. The topological polar surface area (TPSA) is 57.6 Å². The molecule has 0 bridgehead atoms. The molecule has 1 N–H and O–H groups in total. The lowest BCUT2D eigenvalue weighted by atomic mass is 9.97. The third-order valence-corrected chi connectivity index (χ3v) is 3.92. The highest BCUT2D eigenvalue weighted by molar-refractivity contribution is 5.83. The average Bonchev–Trinajstić information content (AvgIpc) is 2.49. The number of aliphatic carboxylic acids is 1. The lowest BCUT2D eigenvalue weighted by Gasteiger charge is -2.24. The van der Waals surface area contributed by atoms with Gasteiger partial charge in [0.1, 0.15) is 0 Å². The minimum absolute atomic E-state index is 0.0243. The lowest BCUT2D eigenvalue weighted by Crippen LogP contribution is -2.36. The molecule has 0 spiro atoms. The number of hydrogen-bond acceptors (Lipinski definition) is 2. The van der Waals surface area contributed by atoms with Crippen molar-refractivity contribution >= 4 is 11.9 Å². The summed E-state index contributed by atoms with van der Waals surface area (Å²) in [5, 5.41) is 8.99. The van der Waals surface area contributed by atoms with Crippen molar-refractivity contribution in [1.29, 1.82) is 0 Å². The van der Waals surface area contributed by atoms with Gasteiger partial charge in [0.15, 0.2) is 0 Å². The molecule has 0 saturated carbocycles. The Labute approximate surface area is 135 Å². The van der Waals surface area contributed by atoms with Crippen LogP contribution < -0.4 is 0 Å². The highest BCUT2D eigenvalue weighted by Gasteiger charge is 2.24. The molecule has 0 aliphatic heterocycles. The quantitative estimate of drug-likeness (QED) is 0.408. The molecule has 0 aliphatic carbocycles. The van der Waals surface area contributed by atoms with E-state index in [-0.39, 0.29) is 12.3 Å². The number of unbranched alkanes of at least 4 members (excludes halogenated alkanes) is 4. The van der Waals surface area contributed by atoms with E-state index in [1.165, 1.54) is 25.7 Å². The van der Waals surface area contributed by atoms with Crippen LogP contribution in [0.4, 0.5) is 0 Å². The van der Waals surface area contributed by atoms with Crippen molar-refractivity contribution in [3.63, 3.8) is 0 Å². The molecule has 0 radical (unpaired) electrons. The van der Waals surface area contributed by atoms with Crippen LogP contribution in [0.25, 0.3) is 0 Å². The van der Waals surface area contributed by atoms with Crippen molar-refractivity contribution in [3.05, 3.63) is 12.2 Å². The molecule has 0 aromatic carbocycles. The first kappa shape index (κ1) is 20.7. The monoisotopic (exact) mass is 311 g/mol. The van der Waals surface area contributed by atoms with Crippen LogP contribution in [0.2, 0.25) is 0 Å². The molecular weight excluding hydrogens is 278 g/mol. The fourth-order valence-corrected chi connectivity index (χ4v) is 2.54. The first-order chi connectivity index (χ1) is 10.6. The number of carboxylic acid groups (broad SMARTS) is 1.